The van der Waals surface area contributed by atoms with Gasteiger partial charge in [-0.05, 0) is 65.6 Å². The Balaban J connectivity index is 0.00000288. The molecule has 0 aliphatic heterocycles. The maximum atomic E-state index is 13.4. The molecule has 0 radical (unpaired) electrons. The van der Waals surface area contributed by atoms with Gasteiger partial charge in [0, 0.05) is 11.1 Å². The SMILES string of the molecule is C=CCc1cc(/C=c2\sc(=Nc3ccccc3)n(Cc3ccc(C(=C)O)cc3)c2=C)cc(OC)c1OCc1ccc(F)cc1.O.O. The molecular formula is C37H37FN2O5S. The number of benzene rings is 4. The lowest BCUT2D eigenvalue weighted by Gasteiger charge is -2.16. The van der Waals surface area contributed by atoms with Crippen molar-refractivity contribution in [2.45, 2.75) is 19.6 Å². The van der Waals surface area contributed by atoms with Gasteiger partial charge in [0.1, 0.15) is 18.2 Å². The number of aliphatic hydroxyl groups excluding tert-OH is 1. The first kappa shape index (κ1) is 35.3. The quantitative estimate of drug-likeness (QED) is 0.154. The van der Waals surface area contributed by atoms with E-state index < -0.39 is 0 Å². The molecule has 1 heterocycles. The molecule has 46 heavy (non-hydrogen) atoms. The third-order valence-corrected chi connectivity index (χ3v) is 8.05. The van der Waals surface area contributed by atoms with E-state index in [-0.39, 0.29) is 29.1 Å². The lowest BCUT2D eigenvalue weighted by atomic mass is 10.1. The molecule has 0 spiro atoms. The van der Waals surface area contributed by atoms with E-state index in [1.165, 1.54) is 12.1 Å². The minimum absolute atomic E-state index is 0. The van der Waals surface area contributed by atoms with E-state index in [4.69, 9.17) is 14.5 Å². The monoisotopic (exact) mass is 640 g/mol. The van der Waals surface area contributed by atoms with Gasteiger partial charge in [0.05, 0.1) is 29.2 Å². The van der Waals surface area contributed by atoms with Crippen molar-refractivity contribution in [1.82, 2.24) is 4.57 Å². The van der Waals surface area contributed by atoms with Gasteiger partial charge in [0.15, 0.2) is 16.3 Å². The average molecular weight is 641 g/mol. The molecule has 5 rings (SSSR count). The van der Waals surface area contributed by atoms with Crippen LogP contribution in [0.5, 0.6) is 11.5 Å². The Bertz CT molecular complexity index is 1970. The molecule has 4 aromatic carbocycles. The van der Waals surface area contributed by atoms with Crippen molar-refractivity contribution in [1.29, 1.82) is 0 Å². The summed E-state index contributed by atoms with van der Waals surface area (Å²) in [7, 11) is 1.61. The number of aromatic nitrogens is 1. The van der Waals surface area contributed by atoms with E-state index >= 15 is 0 Å². The Morgan fingerprint density at radius 2 is 1.65 bits per heavy atom. The maximum Gasteiger partial charge on any atom is 0.191 e. The molecule has 5 aromatic rings. The second kappa shape index (κ2) is 16.2. The van der Waals surface area contributed by atoms with Crippen LogP contribution in [0.3, 0.4) is 0 Å². The number of hydrogen-bond donors (Lipinski definition) is 1. The summed E-state index contributed by atoms with van der Waals surface area (Å²) >= 11 is 1.55. The summed E-state index contributed by atoms with van der Waals surface area (Å²) in [4.78, 5) is 5.75. The van der Waals surface area contributed by atoms with Crippen LogP contribution in [-0.4, -0.2) is 27.7 Å². The molecule has 7 nitrogen and oxygen atoms in total. The minimum Gasteiger partial charge on any atom is -0.508 e. The zero-order chi connectivity index (χ0) is 31.1. The third kappa shape index (κ3) is 8.48. The molecule has 1 aromatic heterocycles. The number of halogens is 1. The fourth-order valence-corrected chi connectivity index (χ4v) is 5.75. The normalized spacial score (nSPS) is 11.3. The summed E-state index contributed by atoms with van der Waals surface area (Å²) in [6.07, 6.45) is 4.47. The van der Waals surface area contributed by atoms with Crippen molar-refractivity contribution in [2.75, 3.05) is 7.11 Å². The third-order valence-electron chi connectivity index (χ3n) is 6.98. The molecule has 5 N–H and O–H groups in total. The lowest BCUT2D eigenvalue weighted by molar-refractivity contribution is 0.282. The van der Waals surface area contributed by atoms with Crippen LogP contribution in [0.2, 0.25) is 0 Å². The zero-order valence-electron chi connectivity index (χ0n) is 25.5. The number of aliphatic hydroxyl groups is 1. The van der Waals surface area contributed by atoms with Gasteiger partial charge in [-0.15, -0.1) is 6.58 Å². The summed E-state index contributed by atoms with van der Waals surface area (Å²) in [5.74, 6) is 0.961. The molecule has 0 fully saturated rings. The maximum absolute atomic E-state index is 13.4. The number of allylic oxidation sites excluding steroid dienone is 1. The van der Waals surface area contributed by atoms with Gasteiger partial charge < -0.3 is 30.1 Å². The predicted molar refractivity (Wildman–Crippen MR) is 184 cm³/mol. The van der Waals surface area contributed by atoms with Crippen LogP contribution in [0.25, 0.3) is 18.4 Å². The summed E-state index contributed by atoms with van der Waals surface area (Å²) in [5, 5.41) is 10.6. The highest BCUT2D eigenvalue weighted by molar-refractivity contribution is 7.07. The molecule has 0 atom stereocenters. The minimum atomic E-state index is -0.288. The first-order valence-corrected chi connectivity index (χ1v) is 14.8. The van der Waals surface area contributed by atoms with Crippen LogP contribution in [0.15, 0.2) is 115 Å². The van der Waals surface area contributed by atoms with E-state index in [0.717, 1.165) is 42.6 Å². The number of ether oxygens (including phenoxy) is 2. The fourth-order valence-electron chi connectivity index (χ4n) is 4.69. The number of rotatable bonds is 11. The predicted octanol–water partition coefficient (Wildman–Crippen LogP) is 5.40. The van der Waals surface area contributed by atoms with E-state index in [1.807, 2.05) is 66.7 Å². The van der Waals surface area contributed by atoms with E-state index in [2.05, 4.69) is 36.4 Å². The van der Waals surface area contributed by atoms with E-state index in [1.54, 1.807) is 30.6 Å². The van der Waals surface area contributed by atoms with E-state index in [9.17, 15) is 9.50 Å². The Morgan fingerprint density at radius 1 is 0.978 bits per heavy atom. The van der Waals surface area contributed by atoms with Crippen molar-refractivity contribution >= 4 is 35.4 Å². The zero-order valence-corrected chi connectivity index (χ0v) is 26.3. The van der Waals surface area contributed by atoms with Crippen LogP contribution in [-0.2, 0) is 19.6 Å². The number of para-hydroxylation sites is 1. The Hall–Kier alpha value is -5.22. The molecule has 238 valence electrons. The van der Waals surface area contributed by atoms with Crippen molar-refractivity contribution in [2.24, 2.45) is 4.99 Å². The molecule has 0 saturated carbocycles. The molecule has 0 amide bonds. The molecule has 0 aliphatic carbocycles. The van der Waals surface area contributed by atoms with Gasteiger partial charge in [-0.2, -0.15) is 0 Å². The Labute approximate surface area is 271 Å². The lowest BCUT2D eigenvalue weighted by Crippen LogP contribution is -2.31. The van der Waals surface area contributed by atoms with Crippen LogP contribution >= 0.6 is 11.3 Å². The van der Waals surface area contributed by atoms with Crippen molar-refractivity contribution in [3.8, 4) is 11.5 Å². The van der Waals surface area contributed by atoms with Crippen molar-refractivity contribution < 1.29 is 29.9 Å². The summed E-state index contributed by atoms with van der Waals surface area (Å²) in [6, 6.07) is 27.7. The largest absolute Gasteiger partial charge is 0.508 e. The van der Waals surface area contributed by atoms with Crippen LogP contribution < -0.4 is 24.2 Å². The second-order valence-electron chi connectivity index (χ2n) is 10.1. The number of methoxy groups -OCH3 is 1. The summed E-state index contributed by atoms with van der Waals surface area (Å²) < 4.78 is 28.4. The van der Waals surface area contributed by atoms with Gasteiger partial charge in [-0.1, -0.05) is 85.2 Å². The highest BCUT2D eigenvalue weighted by Gasteiger charge is 2.13. The van der Waals surface area contributed by atoms with Crippen LogP contribution in [0, 0.1) is 5.82 Å². The first-order chi connectivity index (χ1) is 21.3. The molecule has 0 unspecified atom stereocenters. The van der Waals surface area contributed by atoms with Crippen LogP contribution in [0.4, 0.5) is 10.1 Å². The second-order valence-corrected chi connectivity index (χ2v) is 11.1. The van der Waals surface area contributed by atoms with Gasteiger partial charge in [0.25, 0.3) is 0 Å². The molecule has 9 heteroatoms. The van der Waals surface area contributed by atoms with Gasteiger partial charge in [0.2, 0.25) is 0 Å². The standard InChI is InChI=1S/C37H33FN2O3S.2H2O/c1-5-9-31-20-29(21-34(42-4)36(31)43-24-28-14-18-32(38)19-15-28)22-35-25(2)40(23-27-12-16-30(17-13-27)26(3)41)37(44-35)39-33-10-7-6-8-11-33;;/h5-8,10-22,41H,1-3,9,23-24H2,4H3;2*1H2/b35-22-,39-37?;;. The van der Waals surface area contributed by atoms with Gasteiger partial charge in [-0.25, -0.2) is 9.38 Å². The van der Waals surface area contributed by atoms with Crippen molar-refractivity contribution in [3.05, 3.63) is 159 Å². The fraction of sp³-hybridized carbons (Fsp3) is 0.108. The highest BCUT2D eigenvalue weighted by atomic mass is 32.1. The van der Waals surface area contributed by atoms with Crippen LogP contribution in [0.1, 0.15) is 27.8 Å². The Morgan fingerprint density at radius 3 is 2.28 bits per heavy atom. The van der Waals surface area contributed by atoms with Crippen molar-refractivity contribution in [3.63, 3.8) is 0 Å². The summed E-state index contributed by atoms with van der Waals surface area (Å²) in [5.41, 5.74) is 5.25. The summed E-state index contributed by atoms with van der Waals surface area (Å²) in [6.45, 7) is 12.8. The Kier molecular flexibility index (Phi) is 12.4. The topological polar surface area (TPSA) is 119 Å². The molecule has 0 saturated heterocycles. The number of nitrogens with zero attached hydrogens (tertiary/aromatic N) is 2. The number of thiazole rings is 1. The van der Waals surface area contributed by atoms with E-state index in [0.29, 0.717) is 30.0 Å². The average Bonchev–Trinajstić information content (AvgIpc) is 3.30. The highest BCUT2D eigenvalue weighted by Crippen LogP contribution is 2.34. The number of hydrogen-bond acceptors (Lipinski definition) is 5. The molecule has 0 aliphatic rings. The van der Waals surface area contributed by atoms with Gasteiger partial charge in [-0.3, -0.25) is 0 Å². The molecular weight excluding hydrogens is 603 g/mol. The first-order valence-electron chi connectivity index (χ1n) is 14.0. The molecule has 0 bridgehead atoms. The smallest absolute Gasteiger partial charge is 0.191 e. The van der Waals surface area contributed by atoms with Gasteiger partial charge >= 0.3 is 0 Å².